The average molecular weight is 502 g/mol. The van der Waals surface area contributed by atoms with Gasteiger partial charge in [-0.15, -0.1) is 0 Å². The Balaban J connectivity index is 1.46. The van der Waals surface area contributed by atoms with Crippen LogP contribution in [0.5, 0.6) is 5.75 Å². The van der Waals surface area contributed by atoms with Crippen LogP contribution in [0.1, 0.15) is 35.5 Å². The summed E-state index contributed by atoms with van der Waals surface area (Å²) in [6.07, 6.45) is 6.28. The number of nitrogens with one attached hydrogen (secondary N) is 1. The number of hydrogen-bond donors (Lipinski definition) is 1. The van der Waals surface area contributed by atoms with Gasteiger partial charge in [-0.05, 0) is 55.7 Å². The Morgan fingerprint density at radius 2 is 1.78 bits per heavy atom. The van der Waals surface area contributed by atoms with E-state index in [-0.39, 0.29) is 4.90 Å². The van der Waals surface area contributed by atoms with Crippen LogP contribution >= 0.6 is 0 Å². The molecule has 9 heteroatoms. The predicted octanol–water partition coefficient (Wildman–Crippen LogP) is 4.08. The van der Waals surface area contributed by atoms with Gasteiger partial charge in [-0.1, -0.05) is 29.8 Å². The van der Waals surface area contributed by atoms with E-state index in [1.165, 1.54) is 16.8 Å². The molecule has 0 atom stereocenters. The summed E-state index contributed by atoms with van der Waals surface area (Å²) in [5.74, 6) is 1.65. The number of fused-ring (bicyclic) bond motifs is 3. The zero-order valence-corrected chi connectivity index (χ0v) is 21.0. The van der Waals surface area contributed by atoms with Gasteiger partial charge < -0.3 is 10.1 Å². The van der Waals surface area contributed by atoms with Crippen LogP contribution < -0.4 is 10.1 Å². The minimum atomic E-state index is -3.79. The third-order valence-corrected chi connectivity index (χ3v) is 8.33. The highest BCUT2D eigenvalue weighted by molar-refractivity contribution is 7.90. The van der Waals surface area contributed by atoms with Gasteiger partial charge in [-0.2, -0.15) is 0 Å². The first-order chi connectivity index (χ1) is 17.4. The molecule has 1 fully saturated rings. The molecule has 0 amide bonds. The van der Waals surface area contributed by atoms with E-state index in [9.17, 15) is 8.42 Å². The van der Waals surface area contributed by atoms with Crippen molar-refractivity contribution in [1.29, 1.82) is 0 Å². The maximum Gasteiger partial charge on any atom is 0.269 e. The molecule has 36 heavy (non-hydrogen) atoms. The standard InChI is InChI=1S/C27H27N5O3S/c1-18-3-11-22(12-4-18)36(33,34)31-14-13-24-27(31)29-16-25-23(15-19-5-9-21(35-2)10-6-19)30-26(32(24)25)17-28-20-7-8-20/h3-6,9-14,16,20,28H,7-8,15,17H2,1-2H3. The average Bonchev–Trinajstić information content (AvgIpc) is 3.50. The fourth-order valence-electron chi connectivity index (χ4n) is 4.47. The number of benzene rings is 2. The number of rotatable bonds is 8. The Morgan fingerprint density at radius 3 is 2.47 bits per heavy atom. The topological polar surface area (TPSA) is 90.5 Å². The van der Waals surface area contributed by atoms with Crippen LogP contribution in [0, 0.1) is 6.92 Å². The second kappa shape index (κ2) is 8.76. The molecule has 1 aliphatic rings. The molecule has 8 nitrogen and oxygen atoms in total. The summed E-state index contributed by atoms with van der Waals surface area (Å²) in [6, 6.07) is 17.1. The quantitative estimate of drug-likeness (QED) is 0.345. The Labute approximate surface area is 209 Å². The van der Waals surface area contributed by atoms with Crippen LogP contribution in [-0.2, 0) is 23.0 Å². The first kappa shape index (κ1) is 22.8. The van der Waals surface area contributed by atoms with Gasteiger partial charge in [0.25, 0.3) is 10.0 Å². The van der Waals surface area contributed by atoms with E-state index in [0.29, 0.717) is 30.2 Å². The van der Waals surface area contributed by atoms with E-state index in [0.717, 1.165) is 33.9 Å². The molecule has 5 aromatic rings. The van der Waals surface area contributed by atoms with Crippen LogP contribution in [0.4, 0.5) is 0 Å². The monoisotopic (exact) mass is 501 g/mol. The van der Waals surface area contributed by atoms with Gasteiger partial charge in [0.15, 0.2) is 5.65 Å². The van der Waals surface area contributed by atoms with Crippen LogP contribution in [0.3, 0.4) is 0 Å². The first-order valence-corrected chi connectivity index (χ1v) is 13.4. The van der Waals surface area contributed by atoms with Crippen molar-refractivity contribution in [3.05, 3.63) is 89.6 Å². The number of aromatic nitrogens is 4. The minimum Gasteiger partial charge on any atom is -0.497 e. The Morgan fingerprint density at radius 1 is 1.03 bits per heavy atom. The molecule has 1 aliphatic carbocycles. The Kier molecular flexibility index (Phi) is 5.54. The largest absolute Gasteiger partial charge is 0.497 e. The molecule has 0 aliphatic heterocycles. The summed E-state index contributed by atoms with van der Waals surface area (Å²) in [6.45, 7) is 2.53. The molecule has 0 bridgehead atoms. The molecule has 0 radical (unpaired) electrons. The van der Waals surface area contributed by atoms with E-state index >= 15 is 0 Å². The molecule has 3 aromatic heterocycles. The maximum atomic E-state index is 13.4. The number of methoxy groups -OCH3 is 1. The van der Waals surface area contributed by atoms with Gasteiger partial charge in [0.05, 0.1) is 41.5 Å². The van der Waals surface area contributed by atoms with Crippen molar-refractivity contribution in [3.8, 4) is 5.75 Å². The van der Waals surface area contributed by atoms with E-state index in [1.54, 1.807) is 49.8 Å². The zero-order valence-electron chi connectivity index (χ0n) is 20.2. The molecular weight excluding hydrogens is 474 g/mol. The van der Waals surface area contributed by atoms with Crippen LogP contribution in [0.2, 0.25) is 0 Å². The molecule has 6 rings (SSSR count). The lowest BCUT2D eigenvalue weighted by Gasteiger charge is -2.09. The number of aryl methyl sites for hydroxylation is 1. The molecule has 0 spiro atoms. The maximum absolute atomic E-state index is 13.4. The number of imidazole rings is 1. The second-order valence-corrected chi connectivity index (χ2v) is 11.1. The highest BCUT2D eigenvalue weighted by atomic mass is 32.2. The molecule has 1 N–H and O–H groups in total. The Hall–Kier alpha value is -3.69. The predicted molar refractivity (Wildman–Crippen MR) is 138 cm³/mol. The summed E-state index contributed by atoms with van der Waals surface area (Å²) in [5.41, 5.74) is 4.97. The van der Waals surface area contributed by atoms with Crippen LogP contribution in [0.25, 0.3) is 16.7 Å². The summed E-state index contributed by atoms with van der Waals surface area (Å²) in [4.78, 5) is 9.83. The highest BCUT2D eigenvalue weighted by Gasteiger charge is 2.25. The third kappa shape index (κ3) is 4.04. The molecule has 0 saturated heterocycles. The zero-order chi connectivity index (χ0) is 24.9. The van der Waals surface area contributed by atoms with Crippen LogP contribution in [-0.4, -0.2) is 39.9 Å². The molecular formula is C27H27N5O3S. The van der Waals surface area contributed by atoms with E-state index < -0.39 is 10.0 Å². The van der Waals surface area contributed by atoms with E-state index in [2.05, 4.69) is 10.3 Å². The van der Waals surface area contributed by atoms with Crippen molar-refractivity contribution in [2.24, 2.45) is 0 Å². The fourth-order valence-corrected chi connectivity index (χ4v) is 5.77. The van der Waals surface area contributed by atoms with Crippen molar-refractivity contribution in [1.82, 2.24) is 23.7 Å². The normalized spacial score (nSPS) is 14.1. The second-order valence-electron chi connectivity index (χ2n) is 9.27. The number of nitrogens with zero attached hydrogens (tertiary/aromatic N) is 4. The van der Waals surface area contributed by atoms with E-state index in [4.69, 9.17) is 9.72 Å². The van der Waals surface area contributed by atoms with Crippen LogP contribution in [0.15, 0.2) is 71.9 Å². The lowest BCUT2D eigenvalue weighted by molar-refractivity contribution is 0.414. The van der Waals surface area contributed by atoms with Crippen molar-refractivity contribution < 1.29 is 13.2 Å². The highest BCUT2D eigenvalue weighted by Crippen LogP contribution is 2.27. The molecule has 0 unspecified atom stereocenters. The van der Waals surface area contributed by atoms with Gasteiger partial charge in [-0.25, -0.2) is 22.4 Å². The number of hydrogen-bond acceptors (Lipinski definition) is 6. The SMILES string of the molecule is COc1ccc(Cc2nc(CNC3CC3)n3c2cnc2c3ccn2S(=O)(=O)c2ccc(C)cc2)cc1. The first-order valence-electron chi connectivity index (χ1n) is 12.0. The number of ether oxygens (including phenoxy) is 1. The van der Waals surface area contributed by atoms with Gasteiger partial charge in [0, 0.05) is 18.7 Å². The lowest BCUT2D eigenvalue weighted by atomic mass is 10.1. The van der Waals surface area contributed by atoms with Gasteiger partial charge in [0.1, 0.15) is 11.6 Å². The summed E-state index contributed by atoms with van der Waals surface area (Å²) in [5, 5.41) is 3.54. The summed E-state index contributed by atoms with van der Waals surface area (Å²) >= 11 is 0. The Bertz CT molecular complexity index is 1670. The fraction of sp³-hybridized carbons (Fsp3) is 0.259. The lowest BCUT2D eigenvalue weighted by Crippen LogP contribution is -2.17. The molecule has 1 saturated carbocycles. The third-order valence-electron chi connectivity index (χ3n) is 6.65. The minimum absolute atomic E-state index is 0.231. The van der Waals surface area contributed by atoms with Crippen molar-refractivity contribution >= 4 is 26.7 Å². The van der Waals surface area contributed by atoms with Crippen molar-refractivity contribution in [3.63, 3.8) is 0 Å². The summed E-state index contributed by atoms with van der Waals surface area (Å²) < 4.78 is 35.5. The molecule has 2 aromatic carbocycles. The smallest absolute Gasteiger partial charge is 0.269 e. The van der Waals surface area contributed by atoms with Gasteiger partial charge in [-0.3, -0.25) is 4.40 Å². The van der Waals surface area contributed by atoms with Crippen molar-refractivity contribution in [2.75, 3.05) is 7.11 Å². The van der Waals surface area contributed by atoms with Crippen molar-refractivity contribution in [2.45, 2.75) is 43.7 Å². The van der Waals surface area contributed by atoms with Gasteiger partial charge >= 0.3 is 0 Å². The van der Waals surface area contributed by atoms with Gasteiger partial charge in [0.2, 0.25) is 0 Å². The summed E-state index contributed by atoms with van der Waals surface area (Å²) in [7, 11) is -2.14. The van der Waals surface area contributed by atoms with E-state index in [1.807, 2.05) is 35.6 Å². The molecule has 184 valence electrons. The molecule has 3 heterocycles.